The molecule has 0 aliphatic carbocycles. The van der Waals surface area contributed by atoms with Gasteiger partial charge in [-0.25, -0.2) is 0 Å². The van der Waals surface area contributed by atoms with Gasteiger partial charge in [0.15, 0.2) is 10.6 Å². The first-order valence-corrected chi connectivity index (χ1v) is 6.81. The lowest BCUT2D eigenvalue weighted by Crippen LogP contribution is -2.32. The first-order valence-electron chi connectivity index (χ1n) is 6.40. The topological polar surface area (TPSA) is 82.9 Å². The minimum Gasteiger partial charge on any atom is -0.394 e. The van der Waals surface area contributed by atoms with Crippen LogP contribution in [0.5, 0.6) is 0 Å². The van der Waals surface area contributed by atoms with Crippen LogP contribution in [0.2, 0.25) is 0 Å². The van der Waals surface area contributed by atoms with Crippen LogP contribution in [-0.2, 0) is 6.54 Å². The second-order valence-corrected chi connectivity index (χ2v) is 4.75. The monoisotopic (exact) mass is 304 g/mol. The number of nitrogens with one attached hydrogen (secondary N) is 2. The number of aliphatic hydroxyl groups excluding tert-OH is 1. The maximum atomic E-state index is 12.1. The molecule has 2 rings (SSSR count). The summed E-state index contributed by atoms with van der Waals surface area (Å²) in [7, 11) is 0. The summed E-state index contributed by atoms with van der Waals surface area (Å²) in [4.78, 5) is 12.1. The Hall–Kier alpha value is -2.25. The van der Waals surface area contributed by atoms with Crippen molar-refractivity contribution in [1.82, 2.24) is 20.1 Å². The van der Waals surface area contributed by atoms with Gasteiger partial charge in [0.25, 0.3) is 5.91 Å². The zero-order valence-corrected chi connectivity index (χ0v) is 12.1. The van der Waals surface area contributed by atoms with Gasteiger partial charge >= 0.3 is 0 Å². The normalized spacial score (nSPS) is 11.9. The molecule has 0 aliphatic heterocycles. The van der Waals surface area contributed by atoms with E-state index in [1.165, 1.54) is 0 Å². The molecule has 6 nitrogen and oxygen atoms in total. The van der Waals surface area contributed by atoms with E-state index in [9.17, 15) is 9.90 Å². The highest BCUT2D eigenvalue weighted by atomic mass is 32.1. The number of aromatic amines is 1. The number of benzene rings is 1. The van der Waals surface area contributed by atoms with Crippen LogP contribution >= 0.6 is 12.2 Å². The molecule has 2 aromatic rings. The highest BCUT2D eigenvalue weighted by Gasteiger charge is 2.20. The molecule has 1 aromatic carbocycles. The van der Waals surface area contributed by atoms with Crippen molar-refractivity contribution in [2.45, 2.75) is 12.6 Å². The van der Waals surface area contributed by atoms with Crippen molar-refractivity contribution < 1.29 is 9.90 Å². The Kier molecular flexibility index (Phi) is 5.02. The Bertz CT molecular complexity index is 678. The van der Waals surface area contributed by atoms with Gasteiger partial charge in [-0.15, -0.1) is 6.58 Å². The van der Waals surface area contributed by atoms with Gasteiger partial charge in [-0.1, -0.05) is 24.3 Å². The lowest BCUT2D eigenvalue weighted by molar-refractivity contribution is 0.0911. The van der Waals surface area contributed by atoms with Crippen LogP contribution < -0.4 is 5.32 Å². The maximum absolute atomic E-state index is 12.1. The molecule has 21 heavy (non-hydrogen) atoms. The zero-order chi connectivity index (χ0) is 15.2. The molecular weight excluding hydrogens is 288 g/mol. The van der Waals surface area contributed by atoms with E-state index in [0.29, 0.717) is 22.7 Å². The van der Waals surface area contributed by atoms with E-state index in [1.54, 1.807) is 34.9 Å². The SMILES string of the molecule is C=CCn1c([C@@H](CO)NC(=O)c2ccccc2)n[nH]c1=S. The highest BCUT2D eigenvalue weighted by Crippen LogP contribution is 2.12. The van der Waals surface area contributed by atoms with Crippen molar-refractivity contribution in [2.75, 3.05) is 6.61 Å². The molecule has 0 saturated heterocycles. The third kappa shape index (κ3) is 3.45. The van der Waals surface area contributed by atoms with Crippen LogP contribution in [0.25, 0.3) is 0 Å². The van der Waals surface area contributed by atoms with Crippen LogP contribution in [0.3, 0.4) is 0 Å². The van der Waals surface area contributed by atoms with E-state index in [0.717, 1.165) is 0 Å². The summed E-state index contributed by atoms with van der Waals surface area (Å²) in [5.74, 6) is 0.181. The fourth-order valence-electron chi connectivity index (χ4n) is 1.92. The second kappa shape index (κ2) is 6.96. The van der Waals surface area contributed by atoms with Crippen molar-refractivity contribution in [3.05, 3.63) is 59.1 Å². The molecule has 0 aliphatic rings. The number of H-pyrrole nitrogens is 1. The summed E-state index contributed by atoms with van der Waals surface area (Å²) >= 11 is 5.12. The minimum atomic E-state index is -0.648. The van der Waals surface area contributed by atoms with Crippen molar-refractivity contribution >= 4 is 18.1 Å². The summed E-state index contributed by atoms with van der Waals surface area (Å²) in [6, 6.07) is 8.13. The van der Waals surface area contributed by atoms with Gasteiger partial charge < -0.3 is 10.4 Å². The highest BCUT2D eigenvalue weighted by molar-refractivity contribution is 7.71. The van der Waals surface area contributed by atoms with Crippen LogP contribution in [0.1, 0.15) is 22.2 Å². The lowest BCUT2D eigenvalue weighted by atomic mass is 10.2. The molecule has 1 aromatic heterocycles. The number of hydrogen-bond donors (Lipinski definition) is 3. The van der Waals surface area contributed by atoms with Crippen molar-refractivity contribution in [3.8, 4) is 0 Å². The average Bonchev–Trinajstić information content (AvgIpc) is 2.87. The minimum absolute atomic E-state index is 0.282. The summed E-state index contributed by atoms with van der Waals surface area (Å²) < 4.78 is 2.09. The van der Waals surface area contributed by atoms with E-state index in [2.05, 4.69) is 22.1 Å². The molecule has 1 heterocycles. The Labute approximate surface area is 127 Å². The number of nitrogens with zero attached hydrogens (tertiary/aromatic N) is 2. The van der Waals surface area contributed by atoms with E-state index in [1.807, 2.05) is 6.07 Å². The first-order chi connectivity index (χ1) is 10.2. The number of aromatic nitrogens is 3. The number of carbonyl (C=O) groups is 1. The molecule has 3 N–H and O–H groups in total. The van der Waals surface area contributed by atoms with Crippen molar-refractivity contribution in [2.24, 2.45) is 0 Å². The molecule has 0 spiro atoms. The van der Waals surface area contributed by atoms with E-state index in [4.69, 9.17) is 12.2 Å². The maximum Gasteiger partial charge on any atom is 0.251 e. The van der Waals surface area contributed by atoms with Gasteiger partial charge in [-0.05, 0) is 24.4 Å². The van der Waals surface area contributed by atoms with Crippen LogP contribution in [0.4, 0.5) is 0 Å². The van der Waals surface area contributed by atoms with E-state index in [-0.39, 0.29) is 12.5 Å². The summed E-state index contributed by atoms with van der Waals surface area (Å²) in [5.41, 5.74) is 0.514. The molecule has 1 atom stereocenters. The van der Waals surface area contributed by atoms with Crippen LogP contribution in [0.15, 0.2) is 43.0 Å². The number of aliphatic hydroxyl groups is 1. The number of hydrogen-bond acceptors (Lipinski definition) is 4. The molecule has 0 bridgehead atoms. The number of amides is 1. The zero-order valence-electron chi connectivity index (χ0n) is 11.3. The molecule has 110 valence electrons. The quantitative estimate of drug-likeness (QED) is 0.559. The summed E-state index contributed by atoms with van der Waals surface area (Å²) in [5, 5.41) is 19.0. The van der Waals surface area contributed by atoms with Crippen molar-refractivity contribution in [3.63, 3.8) is 0 Å². The number of allylic oxidation sites excluding steroid dienone is 1. The Balaban J connectivity index is 2.23. The second-order valence-electron chi connectivity index (χ2n) is 4.36. The summed E-state index contributed by atoms with van der Waals surface area (Å²) in [6.45, 7) is 3.82. The fraction of sp³-hybridized carbons (Fsp3) is 0.214. The Morgan fingerprint density at radius 3 is 2.86 bits per heavy atom. The van der Waals surface area contributed by atoms with Gasteiger partial charge in [0.1, 0.15) is 6.04 Å². The van der Waals surface area contributed by atoms with Crippen LogP contribution in [-0.4, -0.2) is 32.4 Å². The Morgan fingerprint density at radius 2 is 2.24 bits per heavy atom. The first kappa shape index (κ1) is 15.1. The van der Waals surface area contributed by atoms with Gasteiger partial charge in [0, 0.05) is 12.1 Å². The van der Waals surface area contributed by atoms with Crippen molar-refractivity contribution in [1.29, 1.82) is 0 Å². The fourth-order valence-corrected chi connectivity index (χ4v) is 2.14. The molecule has 0 fully saturated rings. The third-order valence-corrected chi connectivity index (χ3v) is 3.25. The lowest BCUT2D eigenvalue weighted by Gasteiger charge is -2.16. The molecule has 1 amide bonds. The molecule has 0 saturated carbocycles. The van der Waals surface area contributed by atoms with Gasteiger partial charge in [-0.3, -0.25) is 14.5 Å². The van der Waals surface area contributed by atoms with Gasteiger partial charge in [0.2, 0.25) is 0 Å². The van der Waals surface area contributed by atoms with Gasteiger partial charge in [-0.2, -0.15) is 5.10 Å². The molecule has 0 radical (unpaired) electrons. The smallest absolute Gasteiger partial charge is 0.251 e. The molecule has 0 unspecified atom stereocenters. The predicted molar refractivity (Wildman–Crippen MR) is 81.3 cm³/mol. The number of rotatable bonds is 6. The van der Waals surface area contributed by atoms with Gasteiger partial charge in [0.05, 0.1) is 6.61 Å². The van der Waals surface area contributed by atoms with E-state index >= 15 is 0 Å². The number of carbonyl (C=O) groups excluding carboxylic acids is 1. The standard InChI is InChI=1S/C14H16N4O2S/c1-2-8-18-12(16-17-14(18)21)11(9-19)15-13(20)10-6-4-3-5-7-10/h2-7,11,19H,1,8-9H2,(H,15,20)(H,17,21)/t11-/m1/s1. The third-order valence-electron chi connectivity index (χ3n) is 2.94. The van der Waals surface area contributed by atoms with Crippen LogP contribution in [0, 0.1) is 4.77 Å². The van der Waals surface area contributed by atoms with E-state index < -0.39 is 6.04 Å². The average molecular weight is 304 g/mol. The Morgan fingerprint density at radius 1 is 1.52 bits per heavy atom. The summed E-state index contributed by atoms with van der Waals surface area (Å²) in [6.07, 6.45) is 1.67. The molecule has 7 heteroatoms. The molecular formula is C14H16N4O2S. The predicted octanol–water partition coefficient (Wildman–Crippen LogP) is 1.59. The largest absolute Gasteiger partial charge is 0.394 e.